The summed E-state index contributed by atoms with van der Waals surface area (Å²) in [5, 5.41) is 8.78. The minimum absolute atomic E-state index is 0.0145. The normalized spacial score (nSPS) is 21.5. The number of benzene rings is 1. The topological polar surface area (TPSA) is 87.2 Å². The molecule has 0 saturated carbocycles. The second-order valence-electron chi connectivity index (χ2n) is 6.79. The predicted octanol–water partition coefficient (Wildman–Crippen LogP) is 2.50. The van der Waals surface area contributed by atoms with Crippen LogP contribution in [0.1, 0.15) is 31.2 Å². The summed E-state index contributed by atoms with van der Waals surface area (Å²) in [6.45, 7) is 0.356. The standard InChI is InChI=1S/C20H24N2O5S/c1-27-16-7-5-14(6-8-16)12-17-19(25)22(20(26)28-17)13-18(24)21-10-3-2-4-15(21)9-11-23/h5-8,12,15,23H,2-4,9-11,13H2,1H3/b17-12-. The Labute approximate surface area is 168 Å². The molecule has 1 unspecified atom stereocenters. The van der Waals surface area contributed by atoms with Crippen molar-refractivity contribution in [3.8, 4) is 5.75 Å². The van der Waals surface area contributed by atoms with Crippen molar-refractivity contribution < 1.29 is 24.2 Å². The van der Waals surface area contributed by atoms with E-state index in [0.29, 0.717) is 23.6 Å². The van der Waals surface area contributed by atoms with Crippen LogP contribution in [0.25, 0.3) is 6.08 Å². The lowest BCUT2D eigenvalue weighted by molar-refractivity contribution is -0.139. The molecule has 2 saturated heterocycles. The molecule has 2 fully saturated rings. The van der Waals surface area contributed by atoms with E-state index in [9.17, 15) is 19.5 Å². The fraction of sp³-hybridized carbons (Fsp3) is 0.450. The quantitative estimate of drug-likeness (QED) is 0.733. The van der Waals surface area contributed by atoms with Crippen LogP contribution in [0.2, 0.25) is 0 Å². The van der Waals surface area contributed by atoms with Crippen molar-refractivity contribution in [2.75, 3.05) is 26.8 Å². The number of rotatable bonds is 6. The first kappa shape index (κ1) is 20.4. The number of hydrogen-bond acceptors (Lipinski definition) is 6. The number of ether oxygens (including phenoxy) is 1. The molecular weight excluding hydrogens is 380 g/mol. The summed E-state index contributed by atoms with van der Waals surface area (Å²) >= 11 is 0.843. The Kier molecular flexibility index (Phi) is 6.74. The molecule has 28 heavy (non-hydrogen) atoms. The Balaban J connectivity index is 1.69. The van der Waals surface area contributed by atoms with Gasteiger partial charge in [0.15, 0.2) is 0 Å². The molecule has 150 valence electrons. The second kappa shape index (κ2) is 9.25. The Bertz CT molecular complexity index is 775. The maximum atomic E-state index is 12.7. The minimum atomic E-state index is -0.449. The highest BCUT2D eigenvalue weighted by Crippen LogP contribution is 2.32. The van der Waals surface area contributed by atoms with Gasteiger partial charge < -0.3 is 14.7 Å². The van der Waals surface area contributed by atoms with E-state index in [0.717, 1.165) is 41.5 Å². The summed E-state index contributed by atoms with van der Waals surface area (Å²) in [6.07, 6.45) is 4.91. The lowest BCUT2D eigenvalue weighted by Gasteiger charge is -2.36. The summed E-state index contributed by atoms with van der Waals surface area (Å²) in [5.74, 6) is 0.0100. The van der Waals surface area contributed by atoms with Gasteiger partial charge in [0.25, 0.3) is 11.1 Å². The number of aliphatic hydroxyl groups is 1. The zero-order chi connectivity index (χ0) is 20.1. The zero-order valence-electron chi connectivity index (χ0n) is 15.8. The summed E-state index contributed by atoms with van der Waals surface area (Å²) in [5.41, 5.74) is 0.775. The third-order valence-corrected chi connectivity index (χ3v) is 5.90. The average Bonchev–Trinajstić information content (AvgIpc) is 2.96. The first-order chi connectivity index (χ1) is 13.5. The molecule has 0 aromatic heterocycles. The number of amides is 3. The Morgan fingerprint density at radius 3 is 2.71 bits per heavy atom. The molecule has 2 heterocycles. The van der Waals surface area contributed by atoms with Gasteiger partial charge in [-0.2, -0.15) is 0 Å². The van der Waals surface area contributed by atoms with E-state index in [1.807, 2.05) is 0 Å². The van der Waals surface area contributed by atoms with Crippen molar-refractivity contribution >= 4 is 34.9 Å². The molecule has 7 nitrogen and oxygen atoms in total. The number of thioether (sulfide) groups is 1. The van der Waals surface area contributed by atoms with E-state index in [1.54, 1.807) is 42.4 Å². The van der Waals surface area contributed by atoms with E-state index < -0.39 is 11.1 Å². The van der Waals surface area contributed by atoms with Crippen molar-refractivity contribution in [1.29, 1.82) is 0 Å². The first-order valence-corrected chi connectivity index (χ1v) is 10.1. The van der Waals surface area contributed by atoms with Crippen LogP contribution in [-0.4, -0.2) is 64.8 Å². The molecule has 1 N–H and O–H groups in total. The molecule has 0 radical (unpaired) electrons. The lowest BCUT2D eigenvalue weighted by atomic mass is 9.99. The maximum Gasteiger partial charge on any atom is 0.294 e. The SMILES string of the molecule is COc1ccc(/C=C2\SC(=O)N(CC(=O)N3CCCCC3CCO)C2=O)cc1. The molecule has 3 amide bonds. The number of nitrogens with zero attached hydrogens (tertiary/aromatic N) is 2. The summed E-state index contributed by atoms with van der Waals surface area (Å²) in [4.78, 5) is 40.7. The monoisotopic (exact) mass is 404 g/mol. The molecule has 3 rings (SSSR count). The van der Waals surface area contributed by atoms with Gasteiger partial charge in [-0.05, 0) is 61.2 Å². The van der Waals surface area contributed by atoms with Gasteiger partial charge in [0, 0.05) is 19.2 Å². The number of likely N-dealkylation sites (tertiary alicyclic amines) is 1. The number of piperidine rings is 1. The molecule has 0 bridgehead atoms. The van der Waals surface area contributed by atoms with Crippen LogP contribution in [0.5, 0.6) is 5.75 Å². The van der Waals surface area contributed by atoms with Crippen molar-refractivity contribution in [1.82, 2.24) is 9.80 Å². The highest BCUT2D eigenvalue weighted by Gasteiger charge is 2.38. The van der Waals surface area contributed by atoms with Crippen LogP contribution in [0.15, 0.2) is 29.2 Å². The van der Waals surface area contributed by atoms with Crippen LogP contribution in [0.4, 0.5) is 4.79 Å². The van der Waals surface area contributed by atoms with Gasteiger partial charge in [0.05, 0.1) is 12.0 Å². The Morgan fingerprint density at radius 1 is 1.29 bits per heavy atom. The third kappa shape index (κ3) is 4.56. The van der Waals surface area contributed by atoms with E-state index in [2.05, 4.69) is 0 Å². The van der Waals surface area contributed by atoms with E-state index >= 15 is 0 Å². The predicted molar refractivity (Wildman–Crippen MR) is 107 cm³/mol. The molecule has 0 spiro atoms. The summed E-state index contributed by atoms with van der Waals surface area (Å²) in [6, 6.07) is 7.12. The van der Waals surface area contributed by atoms with Gasteiger partial charge in [0.2, 0.25) is 5.91 Å². The Morgan fingerprint density at radius 2 is 2.04 bits per heavy atom. The van der Waals surface area contributed by atoms with Crippen molar-refractivity contribution in [2.45, 2.75) is 31.7 Å². The van der Waals surface area contributed by atoms with Gasteiger partial charge in [0.1, 0.15) is 12.3 Å². The smallest absolute Gasteiger partial charge is 0.294 e. The average molecular weight is 404 g/mol. The second-order valence-corrected chi connectivity index (χ2v) is 7.78. The van der Waals surface area contributed by atoms with Gasteiger partial charge in [-0.1, -0.05) is 12.1 Å². The fourth-order valence-corrected chi connectivity index (χ4v) is 4.33. The largest absolute Gasteiger partial charge is 0.497 e. The third-order valence-electron chi connectivity index (χ3n) is 4.99. The van der Waals surface area contributed by atoms with Crippen LogP contribution >= 0.6 is 11.8 Å². The molecule has 8 heteroatoms. The number of carbonyl (C=O) groups excluding carboxylic acids is 3. The molecule has 1 aromatic rings. The van der Waals surface area contributed by atoms with Crippen LogP contribution in [-0.2, 0) is 9.59 Å². The van der Waals surface area contributed by atoms with Gasteiger partial charge in [-0.25, -0.2) is 0 Å². The number of methoxy groups -OCH3 is 1. The van der Waals surface area contributed by atoms with E-state index in [-0.39, 0.29) is 25.1 Å². The molecule has 2 aliphatic heterocycles. The van der Waals surface area contributed by atoms with Crippen molar-refractivity contribution in [2.24, 2.45) is 0 Å². The number of carbonyl (C=O) groups is 3. The Hall–Kier alpha value is -2.32. The summed E-state index contributed by atoms with van der Waals surface area (Å²) < 4.78 is 5.11. The van der Waals surface area contributed by atoms with Crippen molar-refractivity contribution in [3.05, 3.63) is 34.7 Å². The minimum Gasteiger partial charge on any atom is -0.497 e. The van der Waals surface area contributed by atoms with Gasteiger partial charge in [-0.3, -0.25) is 19.3 Å². The van der Waals surface area contributed by atoms with Gasteiger partial charge in [-0.15, -0.1) is 0 Å². The zero-order valence-corrected chi connectivity index (χ0v) is 16.6. The lowest BCUT2D eigenvalue weighted by Crippen LogP contribution is -2.49. The highest BCUT2D eigenvalue weighted by molar-refractivity contribution is 8.18. The number of hydrogen-bond donors (Lipinski definition) is 1. The van der Waals surface area contributed by atoms with Crippen LogP contribution in [0.3, 0.4) is 0 Å². The molecule has 1 atom stereocenters. The number of aliphatic hydroxyl groups excluding tert-OH is 1. The first-order valence-electron chi connectivity index (χ1n) is 9.33. The van der Waals surface area contributed by atoms with E-state index in [1.165, 1.54) is 0 Å². The summed E-state index contributed by atoms with van der Waals surface area (Å²) in [7, 11) is 1.57. The fourth-order valence-electron chi connectivity index (χ4n) is 3.49. The van der Waals surface area contributed by atoms with Crippen LogP contribution in [0, 0.1) is 0 Å². The van der Waals surface area contributed by atoms with E-state index in [4.69, 9.17) is 4.74 Å². The van der Waals surface area contributed by atoms with Crippen LogP contribution < -0.4 is 4.74 Å². The molecule has 1 aromatic carbocycles. The van der Waals surface area contributed by atoms with Gasteiger partial charge >= 0.3 is 0 Å². The van der Waals surface area contributed by atoms with Crippen molar-refractivity contribution in [3.63, 3.8) is 0 Å². The maximum absolute atomic E-state index is 12.7. The molecule has 2 aliphatic rings. The molecular formula is C20H24N2O5S. The number of imide groups is 1. The highest BCUT2D eigenvalue weighted by atomic mass is 32.2. The molecule has 0 aliphatic carbocycles.